The summed E-state index contributed by atoms with van der Waals surface area (Å²) in [7, 11) is 1.31. The number of para-hydroxylation sites is 1. The smallest absolute Gasteiger partial charge is 0.323 e. The van der Waals surface area contributed by atoms with Crippen LogP contribution in [-0.4, -0.2) is 54.2 Å². The summed E-state index contributed by atoms with van der Waals surface area (Å²) in [5, 5.41) is 12.9. The minimum atomic E-state index is -0.573. The molecule has 1 heterocycles. The zero-order valence-electron chi connectivity index (χ0n) is 12.3. The Balaban J connectivity index is 1.87. The summed E-state index contributed by atoms with van der Waals surface area (Å²) < 4.78 is 4.72. The molecule has 1 aromatic carbocycles. The molecule has 0 spiro atoms. The molecule has 22 heavy (non-hydrogen) atoms. The van der Waals surface area contributed by atoms with E-state index in [1.54, 1.807) is 29.2 Å². The van der Waals surface area contributed by atoms with Crippen molar-refractivity contribution < 1.29 is 19.4 Å². The number of hydrogen-bond acceptors (Lipinski definition) is 5. The first kappa shape index (κ1) is 16.7. The Bertz CT molecular complexity index is 552. The van der Waals surface area contributed by atoms with Gasteiger partial charge in [-0.1, -0.05) is 23.7 Å². The molecule has 1 saturated heterocycles. The molecular weight excluding hydrogens is 308 g/mol. The number of amides is 1. The number of hydrogen-bond donors (Lipinski definition) is 2. The molecule has 1 fully saturated rings. The van der Waals surface area contributed by atoms with Crippen LogP contribution in [-0.2, 0) is 14.3 Å². The Morgan fingerprint density at radius 2 is 2.18 bits per heavy atom. The van der Waals surface area contributed by atoms with Gasteiger partial charge in [-0.25, -0.2) is 0 Å². The minimum Gasteiger partial charge on any atom is -0.468 e. The molecule has 2 N–H and O–H groups in total. The van der Waals surface area contributed by atoms with Crippen LogP contribution in [0.1, 0.15) is 12.8 Å². The van der Waals surface area contributed by atoms with Gasteiger partial charge in [-0.3, -0.25) is 14.5 Å². The van der Waals surface area contributed by atoms with E-state index >= 15 is 0 Å². The van der Waals surface area contributed by atoms with Gasteiger partial charge in [0.05, 0.1) is 23.9 Å². The molecular formula is C15H19ClN2O4. The summed E-state index contributed by atoms with van der Waals surface area (Å²) in [4.78, 5) is 25.4. The Kier molecular flexibility index (Phi) is 5.76. The van der Waals surface area contributed by atoms with Crippen LogP contribution in [0.2, 0.25) is 5.02 Å². The fourth-order valence-electron chi connectivity index (χ4n) is 2.53. The average molecular weight is 327 g/mol. The van der Waals surface area contributed by atoms with E-state index in [0.29, 0.717) is 30.2 Å². The Morgan fingerprint density at radius 3 is 2.86 bits per heavy atom. The van der Waals surface area contributed by atoms with Crippen LogP contribution < -0.4 is 5.32 Å². The number of halogens is 1. The normalized spacial score (nSPS) is 21.6. The van der Waals surface area contributed by atoms with E-state index in [4.69, 9.17) is 16.3 Å². The largest absolute Gasteiger partial charge is 0.468 e. The van der Waals surface area contributed by atoms with Gasteiger partial charge in [0.1, 0.15) is 6.04 Å². The van der Waals surface area contributed by atoms with Gasteiger partial charge < -0.3 is 15.2 Å². The van der Waals surface area contributed by atoms with Crippen molar-refractivity contribution in [2.45, 2.75) is 25.0 Å². The molecule has 0 aliphatic carbocycles. The maximum absolute atomic E-state index is 12.0. The first-order chi connectivity index (χ1) is 10.5. The Morgan fingerprint density at radius 1 is 1.45 bits per heavy atom. The molecule has 1 amide bonds. The summed E-state index contributed by atoms with van der Waals surface area (Å²) in [6, 6.07) is 6.49. The number of carbonyl (C=O) groups is 2. The third-order valence-corrected chi connectivity index (χ3v) is 3.96. The predicted octanol–water partition coefficient (Wildman–Crippen LogP) is 1.28. The summed E-state index contributed by atoms with van der Waals surface area (Å²) >= 11 is 5.98. The number of β-amino-alcohol motifs (C(OH)–C–C–N with tert-alkyl or cyclic N) is 1. The van der Waals surface area contributed by atoms with E-state index in [2.05, 4.69) is 5.32 Å². The van der Waals surface area contributed by atoms with Gasteiger partial charge in [0.15, 0.2) is 0 Å². The lowest BCUT2D eigenvalue weighted by atomic mass is 10.2. The van der Waals surface area contributed by atoms with E-state index < -0.39 is 12.1 Å². The van der Waals surface area contributed by atoms with Crippen molar-refractivity contribution in [1.82, 2.24) is 4.90 Å². The second-order valence-electron chi connectivity index (χ2n) is 5.20. The zero-order chi connectivity index (χ0) is 16.1. The summed E-state index contributed by atoms with van der Waals surface area (Å²) in [6.45, 7) is 0.728. The minimum absolute atomic E-state index is 0.196. The van der Waals surface area contributed by atoms with Crippen LogP contribution in [0, 0.1) is 0 Å². The molecule has 0 aromatic heterocycles. The first-order valence-corrected chi connectivity index (χ1v) is 7.43. The fraction of sp³-hybridized carbons (Fsp3) is 0.467. The molecule has 120 valence electrons. The lowest BCUT2D eigenvalue weighted by molar-refractivity contribution is -0.146. The van der Waals surface area contributed by atoms with E-state index in [1.807, 2.05) is 0 Å². The summed E-state index contributed by atoms with van der Waals surface area (Å²) in [6.07, 6.45) is -0.0414. The number of benzene rings is 1. The van der Waals surface area contributed by atoms with Crippen molar-refractivity contribution in [2.75, 3.05) is 25.5 Å². The third-order valence-electron chi connectivity index (χ3n) is 3.63. The van der Waals surface area contributed by atoms with Crippen LogP contribution in [0.15, 0.2) is 24.3 Å². The number of nitrogens with zero attached hydrogens (tertiary/aromatic N) is 1. The number of carbonyl (C=O) groups excluding carboxylic acids is 2. The second-order valence-corrected chi connectivity index (χ2v) is 5.61. The van der Waals surface area contributed by atoms with Crippen LogP contribution in [0.3, 0.4) is 0 Å². The Hall–Kier alpha value is -1.63. The van der Waals surface area contributed by atoms with Crippen molar-refractivity contribution in [3.8, 4) is 0 Å². The Labute approximate surface area is 134 Å². The lowest BCUT2D eigenvalue weighted by Crippen LogP contribution is -2.38. The van der Waals surface area contributed by atoms with Crippen LogP contribution >= 0.6 is 11.6 Å². The highest BCUT2D eigenvalue weighted by Gasteiger charge is 2.36. The maximum Gasteiger partial charge on any atom is 0.323 e. The number of likely N-dealkylation sites (tertiary alicyclic amines) is 1. The number of rotatable bonds is 5. The highest BCUT2D eigenvalue weighted by Crippen LogP contribution is 2.22. The maximum atomic E-state index is 12.0. The highest BCUT2D eigenvalue weighted by atomic mass is 35.5. The molecule has 1 aliphatic heterocycles. The van der Waals surface area contributed by atoms with E-state index in [9.17, 15) is 14.7 Å². The topological polar surface area (TPSA) is 78.9 Å². The van der Waals surface area contributed by atoms with Crippen molar-refractivity contribution in [3.63, 3.8) is 0 Å². The van der Waals surface area contributed by atoms with Crippen LogP contribution in [0.5, 0.6) is 0 Å². The van der Waals surface area contributed by atoms with Gasteiger partial charge in [0, 0.05) is 25.9 Å². The lowest BCUT2D eigenvalue weighted by Gasteiger charge is -2.21. The number of ether oxygens (including phenoxy) is 1. The second kappa shape index (κ2) is 7.58. The number of nitrogens with one attached hydrogen (secondary N) is 1. The van der Waals surface area contributed by atoms with Gasteiger partial charge >= 0.3 is 5.97 Å². The number of methoxy groups -OCH3 is 1. The van der Waals surface area contributed by atoms with Crippen molar-refractivity contribution in [2.24, 2.45) is 0 Å². The summed E-state index contributed by atoms with van der Waals surface area (Å²) in [5.74, 6) is -0.582. The van der Waals surface area contributed by atoms with Gasteiger partial charge in [-0.05, 0) is 12.1 Å². The fourth-order valence-corrected chi connectivity index (χ4v) is 2.71. The molecule has 1 aliphatic rings. The van der Waals surface area contributed by atoms with Crippen LogP contribution in [0.25, 0.3) is 0 Å². The quantitative estimate of drug-likeness (QED) is 0.797. The van der Waals surface area contributed by atoms with E-state index in [-0.39, 0.29) is 18.3 Å². The molecule has 0 unspecified atom stereocenters. The number of aliphatic hydroxyl groups is 1. The highest BCUT2D eigenvalue weighted by molar-refractivity contribution is 6.33. The van der Waals surface area contributed by atoms with Crippen molar-refractivity contribution in [1.29, 1.82) is 0 Å². The standard InChI is InChI=1S/C15H19ClN2O4/c1-22-15(21)13-8-10(19)9-18(13)7-6-14(20)17-12-5-3-2-4-11(12)16/h2-5,10,13,19H,6-9H2,1H3,(H,17,20)/t10-,13+/m1/s1. The SMILES string of the molecule is COC(=O)[C@@H]1C[C@@H](O)CN1CCC(=O)Nc1ccccc1Cl. The van der Waals surface area contributed by atoms with Crippen LogP contribution in [0.4, 0.5) is 5.69 Å². The number of esters is 1. The molecule has 0 saturated carbocycles. The predicted molar refractivity (Wildman–Crippen MR) is 82.7 cm³/mol. The van der Waals surface area contributed by atoms with Gasteiger partial charge in [0.2, 0.25) is 5.91 Å². The van der Waals surface area contributed by atoms with Crippen molar-refractivity contribution >= 4 is 29.2 Å². The zero-order valence-corrected chi connectivity index (χ0v) is 13.0. The monoisotopic (exact) mass is 326 g/mol. The summed E-state index contributed by atoms with van der Waals surface area (Å²) in [5.41, 5.74) is 0.556. The third kappa shape index (κ3) is 4.19. The average Bonchev–Trinajstić information content (AvgIpc) is 2.88. The van der Waals surface area contributed by atoms with Crippen molar-refractivity contribution in [3.05, 3.63) is 29.3 Å². The molecule has 7 heteroatoms. The molecule has 0 bridgehead atoms. The van der Waals surface area contributed by atoms with Gasteiger partial charge in [0.25, 0.3) is 0 Å². The molecule has 1 aromatic rings. The van der Waals surface area contributed by atoms with Gasteiger partial charge in [-0.2, -0.15) is 0 Å². The van der Waals surface area contributed by atoms with E-state index in [0.717, 1.165) is 0 Å². The number of anilines is 1. The number of aliphatic hydroxyl groups excluding tert-OH is 1. The molecule has 2 rings (SSSR count). The molecule has 6 nitrogen and oxygen atoms in total. The van der Waals surface area contributed by atoms with Gasteiger partial charge in [-0.15, -0.1) is 0 Å². The first-order valence-electron chi connectivity index (χ1n) is 7.05. The molecule has 0 radical (unpaired) electrons. The molecule has 2 atom stereocenters. The van der Waals surface area contributed by atoms with E-state index in [1.165, 1.54) is 7.11 Å².